The molecule has 3 aromatic heterocycles. The Balaban J connectivity index is 1.57. The van der Waals surface area contributed by atoms with Gasteiger partial charge in [-0.1, -0.05) is 6.07 Å². The Morgan fingerprint density at radius 2 is 1.91 bits per heavy atom. The fraction of sp³-hybridized carbons (Fsp3) is 0.0909. The number of benzene rings is 2. The van der Waals surface area contributed by atoms with Gasteiger partial charge < -0.3 is 10.0 Å². The smallest absolute Gasteiger partial charge is 0.335 e. The van der Waals surface area contributed by atoms with Crippen molar-refractivity contribution in [2.24, 2.45) is 0 Å². The summed E-state index contributed by atoms with van der Waals surface area (Å²) in [4.78, 5) is 19.0. The number of rotatable bonds is 6. The molecule has 0 aliphatic heterocycles. The van der Waals surface area contributed by atoms with Crippen molar-refractivity contribution in [2.45, 2.75) is 9.50 Å². The summed E-state index contributed by atoms with van der Waals surface area (Å²) in [6.07, 6.45) is 0. The Bertz CT molecular complexity index is 1410. The molecule has 5 rings (SSSR count). The van der Waals surface area contributed by atoms with Crippen LogP contribution in [0.25, 0.3) is 26.6 Å². The number of carboxylic acids is 1. The van der Waals surface area contributed by atoms with E-state index in [9.17, 15) is 9.90 Å². The summed E-state index contributed by atoms with van der Waals surface area (Å²) in [6.45, 7) is 0. The molecule has 2 aromatic carbocycles. The lowest BCUT2D eigenvalue weighted by atomic mass is 10.2. The molecule has 7 nitrogen and oxygen atoms in total. The highest BCUT2D eigenvalue weighted by molar-refractivity contribution is 8.01. The van der Waals surface area contributed by atoms with Gasteiger partial charge in [-0.2, -0.15) is 0 Å². The van der Waals surface area contributed by atoms with Gasteiger partial charge in [0.1, 0.15) is 0 Å². The van der Waals surface area contributed by atoms with Crippen molar-refractivity contribution in [3.8, 4) is 16.4 Å². The second-order valence-electron chi connectivity index (χ2n) is 7.10. The lowest BCUT2D eigenvalue weighted by Gasteiger charge is -2.14. The van der Waals surface area contributed by atoms with Crippen LogP contribution in [0.1, 0.15) is 10.4 Å². The molecular formula is C22H17N5O2S3. The van der Waals surface area contributed by atoms with Crippen LogP contribution >= 0.6 is 34.4 Å². The topological polar surface area (TPSA) is 84.1 Å². The Hall–Kier alpha value is -3.21. The number of fused-ring (bicyclic) bond motifs is 1. The number of aromatic nitrogens is 4. The minimum Gasteiger partial charge on any atom is -0.478 e. The third-order valence-electron chi connectivity index (χ3n) is 4.79. The van der Waals surface area contributed by atoms with Gasteiger partial charge in [0.05, 0.1) is 20.7 Å². The molecule has 3 heterocycles. The van der Waals surface area contributed by atoms with E-state index in [2.05, 4.69) is 44.3 Å². The van der Waals surface area contributed by atoms with Gasteiger partial charge in [0.15, 0.2) is 10.2 Å². The number of carbonyl (C=O) groups is 1. The minimum absolute atomic E-state index is 0.252. The first kappa shape index (κ1) is 20.7. The largest absolute Gasteiger partial charge is 0.478 e. The molecule has 10 heteroatoms. The molecule has 0 unspecified atom stereocenters. The number of aromatic carboxylic acids is 1. The zero-order chi connectivity index (χ0) is 22.2. The molecule has 0 saturated carbocycles. The normalized spacial score (nSPS) is 11.2. The zero-order valence-corrected chi connectivity index (χ0v) is 19.5. The Morgan fingerprint density at radius 3 is 2.59 bits per heavy atom. The molecule has 0 bridgehead atoms. The van der Waals surface area contributed by atoms with Crippen molar-refractivity contribution >= 4 is 56.3 Å². The van der Waals surface area contributed by atoms with Crippen molar-refractivity contribution < 1.29 is 9.90 Å². The third kappa shape index (κ3) is 3.88. The van der Waals surface area contributed by atoms with Crippen LogP contribution in [-0.4, -0.2) is 44.9 Å². The van der Waals surface area contributed by atoms with E-state index in [0.717, 1.165) is 36.6 Å². The predicted molar refractivity (Wildman–Crippen MR) is 130 cm³/mol. The average molecular weight is 480 g/mol. The molecule has 0 saturated heterocycles. The van der Waals surface area contributed by atoms with E-state index in [0.29, 0.717) is 5.16 Å². The van der Waals surface area contributed by atoms with E-state index >= 15 is 0 Å². The van der Waals surface area contributed by atoms with E-state index < -0.39 is 5.97 Å². The Morgan fingerprint density at radius 1 is 1.09 bits per heavy atom. The molecule has 5 aromatic rings. The number of carboxylic acid groups (broad SMARTS) is 1. The molecule has 1 N–H and O–H groups in total. The molecule has 0 amide bonds. The van der Waals surface area contributed by atoms with Crippen molar-refractivity contribution in [2.75, 3.05) is 19.0 Å². The van der Waals surface area contributed by atoms with Crippen molar-refractivity contribution in [1.82, 2.24) is 19.7 Å². The molecule has 0 radical (unpaired) electrons. The summed E-state index contributed by atoms with van der Waals surface area (Å²) < 4.78 is 3.64. The Labute approximate surface area is 196 Å². The van der Waals surface area contributed by atoms with Gasteiger partial charge in [0, 0.05) is 25.5 Å². The summed E-state index contributed by atoms with van der Waals surface area (Å²) >= 11 is 4.48. The number of hydrogen-bond acceptors (Lipinski definition) is 8. The van der Waals surface area contributed by atoms with Crippen LogP contribution in [0.2, 0.25) is 0 Å². The maximum absolute atomic E-state index is 11.3. The summed E-state index contributed by atoms with van der Waals surface area (Å²) in [5.41, 5.74) is 3.08. The van der Waals surface area contributed by atoms with Crippen LogP contribution in [0.3, 0.4) is 0 Å². The summed E-state index contributed by atoms with van der Waals surface area (Å²) in [7, 11) is 4.02. The summed E-state index contributed by atoms with van der Waals surface area (Å²) in [6, 6.07) is 17.2. The highest BCUT2D eigenvalue weighted by Crippen LogP contribution is 2.37. The second kappa shape index (κ2) is 8.38. The van der Waals surface area contributed by atoms with Crippen LogP contribution in [0, 0.1) is 0 Å². The number of thiophene rings is 1. The lowest BCUT2D eigenvalue weighted by molar-refractivity contribution is 0.0697. The van der Waals surface area contributed by atoms with E-state index in [-0.39, 0.29) is 5.56 Å². The molecule has 0 atom stereocenters. The van der Waals surface area contributed by atoms with Crippen LogP contribution in [-0.2, 0) is 0 Å². The molecule has 160 valence electrons. The zero-order valence-electron chi connectivity index (χ0n) is 17.1. The van der Waals surface area contributed by atoms with Crippen molar-refractivity contribution in [3.05, 3.63) is 65.5 Å². The highest BCUT2D eigenvalue weighted by Gasteiger charge is 2.19. The fourth-order valence-corrected chi connectivity index (χ4v) is 5.95. The summed E-state index contributed by atoms with van der Waals surface area (Å²) in [5.74, 6) is -0.176. The van der Waals surface area contributed by atoms with Gasteiger partial charge >= 0.3 is 5.97 Å². The van der Waals surface area contributed by atoms with Crippen LogP contribution in [0.5, 0.6) is 0 Å². The van der Waals surface area contributed by atoms with Crippen molar-refractivity contribution in [1.29, 1.82) is 0 Å². The third-order valence-corrected chi connectivity index (χ3v) is 7.68. The number of nitrogens with zero attached hydrogens (tertiary/aromatic N) is 5. The molecule has 32 heavy (non-hydrogen) atoms. The summed E-state index contributed by atoms with van der Waals surface area (Å²) in [5, 5.41) is 20.9. The molecule has 0 spiro atoms. The molecule has 0 fully saturated rings. The maximum Gasteiger partial charge on any atom is 0.335 e. The standard InChI is InChI=1S/C22H17N5O2S3/c1-26(2)14-6-8-15(9-7-14)27-19(17-4-3-11-30-17)24-25-21(27)32-22-23-16-10-5-13(20(28)29)12-18(16)31-22/h3-12H,1-2H3,(H,28,29). The van der Waals surface area contributed by atoms with Crippen LogP contribution in [0.15, 0.2) is 69.5 Å². The van der Waals surface area contributed by atoms with Crippen LogP contribution < -0.4 is 4.90 Å². The second-order valence-corrected chi connectivity index (χ2v) is 10.3. The van der Waals surface area contributed by atoms with Gasteiger partial charge in [-0.25, -0.2) is 9.78 Å². The van der Waals surface area contributed by atoms with Gasteiger partial charge in [0.25, 0.3) is 0 Å². The predicted octanol–water partition coefficient (Wildman–Crippen LogP) is 5.52. The minimum atomic E-state index is -0.948. The molecule has 0 aliphatic carbocycles. The number of hydrogen-bond donors (Lipinski definition) is 1. The van der Waals surface area contributed by atoms with Gasteiger partial charge in [-0.05, 0) is 65.7 Å². The van der Waals surface area contributed by atoms with Gasteiger partial charge in [0.2, 0.25) is 5.16 Å². The van der Waals surface area contributed by atoms with E-state index in [1.807, 2.05) is 36.2 Å². The average Bonchev–Trinajstić information content (AvgIpc) is 3.52. The number of thiazole rings is 1. The lowest BCUT2D eigenvalue weighted by Crippen LogP contribution is -2.08. The molecular weight excluding hydrogens is 462 g/mol. The van der Waals surface area contributed by atoms with Crippen LogP contribution in [0.4, 0.5) is 5.69 Å². The fourth-order valence-electron chi connectivity index (χ4n) is 3.19. The highest BCUT2D eigenvalue weighted by atomic mass is 32.2. The molecule has 0 aliphatic rings. The SMILES string of the molecule is CN(C)c1ccc(-n2c(Sc3nc4ccc(C(=O)O)cc4s3)nnc2-c2cccs2)cc1. The maximum atomic E-state index is 11.3. The van der Waals surface area contributed by atoms with Gasteiger partial charge in [-0.15, -0.1) is 32.9 Å². The first-order valence-corrected chi connectivity index (χ1v) is 12.1. The number of anilines is 1. The van der Waals surface area contributed by atoms with Gasteiger partial charge in [-0.3, -0.25) is 4.57 Å². The van der Waals surface area contributed by atoms with E-state index in [1.165, 1.54) is 23.1 Å². The first-order chi connectivity index (χ1) is 15.5. The van der Waals surface area contributed by atoms with Crippen molar-refractivity contribution in [3.63, 3.8) is 0 Å². The van der Waals surface area contributed by atoms with E-state index in [4.69, 9.17) is 0 Å². The Kier molecular flexibility index (Phi) is 5.41. The first-order valence-electron chi connectivity index (χ1n) is 9.58. The monoisotopic (exact) mass is 479 g/mol. The quantitative estimate of drug-likeness (QED) is 0.343. The van der Waals surface area contributed by atoms with E-state index in [1.54, 1.807) is 29.5 Å².